The third kappa shape index (κ3) is 2.58. The second-order valence-corrected chi connectivity index (χ2v) is 5.36. The van der Waals surface area contributed by atoms with Gasteiger partial charge in [-0.15, -0.1) is 0 Å². The molecular weight excluding hydrogens is 232 g/mol. The minimum absolute atomic E-state index is 0.858. The van der Waals surface area contributed by atoms with Crippen molar-refractivity contribution >= 4 is 11.4 Å². The largest absolute Gasteiger partial charge is 0.399 e. The fraction of sp³-hybridized carbons (Fsp3) is 0.294. The van der Waals surface area contributed by atoms with Crippen molar-refractivity contribution in [3.8, 4) is 0 Å². The first-order valence-corrected chi connectivity index (χ1v) is 6.91. The first-order chi connectivity index (χ1) is 9.22. The van der Waals surface area contributed by atoms with Crippen LogP contribution in [0, 0.1) is 6.92 Å². The van der Waals surface area contributed by atoms with Gasteiger partial charge in [-0.3, -0.25) is 0 Å². The average molecular weight is 252 g/mol. The standard InChI is InChI=1S/C17H20N2/c1-13-10-16(18)12-17(11-13)19-8-6-14-4-2-3-5-15(14)7-9-19/h2-5,10-12H,6-9,18H2,1H3. The van der Waals surface area contributed by atoms with E-state index < -0.39 is 0 Å². The number of fused-ring (bicyclic) bond motifs is 1. The third-order valence-corrected chi connectivity index (χ3v) is 3.87. The van der Waals surface area contributed by atoms with Crippen molar-refractivity contribution in [3.05, 3.63) is 59.2 Å². The van der Waals surface area contributed by atoms with E-state index in [2.05, 4.69) is 48.2 Å². The molecule has 0 aromatic heterocycles. The molecule has 0 saturated carbocycles. The summed E-state index contributed by atoms with van der Waals surface area (Å²) in [5, 5.41) is 0. The molecule has 0 bridgehead atoms. The van der Waals surface area contributed by atoms with Gasteiger partial charge in [-0.25, -0.2) is 0 Å². The van der Waals surface area contributed by atoms with Gasteiger partial charge in [0.25, 0.3) is 0 Å². The van der Waals surface area contributed by atoms with E-state index in [0.717, 1.165) is 31.6 Å². The second-order valence-electron chi connectivity index (χ2n) is 5.36. The van der Waals surface area contributed by atoms with Gasteiger partial charge in [0, 0.05) is 24.5 Å². The summed E-state index contributed by atoms with van der Waals surface area (Å²) in [6, 6.07) is 15.1. The molecular formula is C17H20N2. The number of anilines is 2. The van der Waals surface area contributed by atoms with Crippen LogP contribution in [0.3, 0.4) is 0 Å². The molecule has 0 amide bonds. The fourth-order valence-corrected chi connectivity index (χ4v) is 2.90. The first kappa shape index (κ1) is 12.1. The maximum atomic E-state index is 5.96. The van der Waals surface area contributed by atoms with Crippen molar-refractivity contribution in [1.82, 2.24) is 0 Å². The Morgan fingerprint density at radius 3 is 2.16 bits per heavy atom. The molecule has 2 aromatic rings. The predicted molar refractivity (Wildman–Crippen MR) is 81.7 cm³/mol. The van der Waals surface area contributed by atoms with Gasteiger partial charge in [-0.2, -0.15) is 0 Å². The van der Waals surface area contributed by atoms with E-state index in [1.165, 1.54) is 22.4 Å². The van der Waals surface area contributed by atoms with Crippen molar-refractivity contribution in [1.29, 1.82) is 0 Å². The second kappa shape index (κ2) is 4.96. The van der Waals surface area contributed by atoms with Crippen LogP contribution in [0.1, 0.15) is 16.7 Å². The molecule has 1 heterocycles. The van der Waals surface area contributed by atoms with E-state index in [1.807, 2.05) is 6.07 Å². The Morgan fingerprint density at radius 2 is 1.58 bits per heavy atom. The highest BCUT2D eigenvalue weighted by Gasteiger charge is 2.14. The molecule has 2 nitrogen and oxygen atoms in total. The number of aryl methyl sites for hydroxylation is 1. The molecule has 0 aliphatic carbocycles. The van der Waals surface area contributed by atoms with Crippen LogP contribution in [-0.4, -0.2) is 13.1 Å². The van der Waals surface area contributed by atoms with E-state index in [9.17, 15) is 0 Å². The van der Waals surface area contributed by atoms with Crippen molar-refractivity contribution in [2.75, 3.05) is 23.7 Å². The summed E-state index contributed by atoms with van der Waals surface area (Å²) in [6.07, 6.45) is 2.23. The molecule has 19 heavy (non-hydrogen) atoms. The molecule has 1 aliphatic heterocycles. The summed E-state index contributed by atoms with van der Waals surface area (Å²) in [5.41, 5.74) is 12.3. The topological polar surface area (TPSA) is 29.3 Å². The van der Waals surface area contributed by atoms with Gasteiger partial charge in [-0.1, -0.05) is 24.3 Å². The normalized spacial score (nSPS) is 14.9. The Kier molecular flexibility index (Phi) is 3.16. The van der Waals surface area contributed by atoms with E-state index in [0.29, 0.717) is 0 Å². The summed E-state index contributed by atoms with van der Waals surface area (Å²) < 4.78 is 0. The van der Waals surface area contributed by atoms with E-state index in [4.69, 9.17) is 5.73 Å². The highest BCUT2D eigenvalue weighted by molar-refractivity contribution is 5.58. The molecule has 0 unspecified atom stereocenters. The van der Waals surface area contributed by atoms with Crippen molar-refractivity contribution in [2.45, 2.75) is 19.8 Å². The Balaban J connectivity index is 1.85. The fourth-order valence-electron chi connectivity index (χ4n) is 2.90. The molecule has 0 radical (unpaired) electrons. The van der Waals surface area contributed by atoms with Gasteiger partial charge in [0.2, 0.25) is 0 Å². The van der Waals surface area contributed by atoms with Crippen LogP contribution in [0.2, 0.25) is 0 Å². The van der Waals surface area contributed by atoms with Gasteiger partial charge < -0.3 is 10.6 Å². The van der Waals surface area contributed by atoms with Gasteiger partial charge in [0.05, 0.1) is 0 Å². The van der Waals surface area contributed by atoms with Crippen molar-refractivity contribution < 1.29 is 0 Å². The number of benzene rings is 2. The quantitative estimate of drug-likeness (QED) is 0.790. The minimum Gasteiger partial charge on any atom is -0.399 e. The molecule has 2 N–H and O–H groups in total. The zero-order valence-electron chi connectivity index (χ0n) is 11.4. The Bertz CT molecular complexity index is 542. The van der Waals surface area contributed by atoms with E-state index in [-0.39, 0.29) is 0 Å². The first-order valence-electron chi connectivity index (χ1n) is 6.91. The SMILES string of the molecule is Cc1cc(N)cc(N2CCc3ccccc3CC2)c1. The number of nitrogens with zero attached hydrogens (tertiary/aromatic N) is 1. The molecule has 0 atom stereocenters. The Labute approximate surface area is 114 Å². The van der Waals surface area contributed by atoms with E-state index >= 15 is 0 Å². The molecule has 0 saturated heterocycles. The summed E-state index contributed by atoms with van der Waals surface area (Å²) in [4.78, 5) is 2.45. The summed E-state index contributed by atoms with van der Waals surface area (Å²) in [7, 11) is 0. The monoisotopic (exact) mass is 252 g/mol. The van der Waals surface area contributed by atoms with Crippen LogP contribution in [0.15, 0.2) is 42.5 Å². The minimum atomic E-state index is 0.858. The zero-order valence-corrected chi connectivity index (χ0v) is 11.4. The average Bonchev–Trinajstić information content (AvgIpc) is 2.60. The van der Waals surface area contributed by atoms with Crippen LogP contribution < -0.4 is 10.6 Å². The molecule has 2 aromatic carbocycles. The lowest BCUT2D eigenvalue weighted by Crippen LogP contribution is -2.26. The van der Waals surface area contributed by atoms with Crippen LogP contribution in [0.25, 0.3) is 0 Å². The predicted octanol–water partition coefficient (Wildman–Crippen LogP) is 3.18. The Hall–Kier alpha value is -1.96. The van der Waals surface area contributed by atoms with Crippen LogP contribution in [0.5, 0.6) is 0 Å². The lowest BCUT2D eigenvalue weighted by Gasteiger charge is -2.23. The summed E-state index contributed by atoms with van der Waals surface area (Å²) in [5.74, 6) is 0. The van der Waals surface area contributed by atoms with Gasteiger partial charge >= 0.3 is 0 Å². The highest BCUT2D eigenvalue weighted by atomic mass is 15.1. The maximum absolute atomic E-state index is 5.96. The van der Waals surface area contributed by atoms with Crippen LogP contribution in [0.4, 0.5) is 11.4 Å². The van der Waals surface area contributed by atoms with Crippen molar-refractivity contribution in [3.63, 3.8) is 0 Å². The molecule has 2 heteroatoms. The number of nitrogen functional groups attached to an aromatic ring is 1. The van der Waals surface area contributed by atoms with Crippen molar-refractivity contribution in [2.24, 2.45) is 0 Å². The zero-order chi connectivity index (χ0) is 13.2. The third-order valence-electron chi connectivity index (χ3n) is 3.87. The van der Waals surface area contributed by atoms with Gasteiger partial charge in [-0.05, 0) is 54.7 Å². The molecule has 1 aliphatic rings. The Morgan fingerprint density at radius 1 is 0.947 bits per heavy atom. The number of hydrogen-bond donors (Lipinski definition) is 1. The molecule has 0 fully saturated rings. The smallest absolute Gasteiger partial charge is 0.0389 e. The number of nitrogens with two attached hydrogens (primary N) is 1. The number of rotatable bonds is 1. The van der Waals surface area contributed by atoms with Gasteiger partial charge in [0.1, 0.15) is 0 Å². The van der Waals surface area contributed by atoms with Crippen LogP contribution in [-0.2, 0) is 12.8 Å². The van der Waals surface area contributed by atoms with Gasteiger partial charge in [0.15, 0.2) is 0 Å². The maximum Gasteiger partial charge on any atom is 0.0389 e. The molecule has 0 spiro atoms. The number of hydrogen-bond acceptors (Lipinski definition) is 2. The summed E-state index contributed by atoms with van der Waals surface area (Å²) >= 11 is 0. The molecule has 3 rings (SSSR count). The van der Waals surface area contributed by atoms with E-state index in [1.54, 1.807) is 0 Å². The summed E-state index contributed by atoms with van der Waals surface area (Å²) in [6.45, 7) is 4.24. The molecule has 98 valence electrons. The van der Waals surface area contributed by atoms with Crippen LogP contribution >= 0.6 is 0 Å². The lowest BCUT2D eigenvalue weighted by atomic mass is 10.0. The lowest BCUT2D eigenvalue weighted by molar-refractivity contribution is 0.805. The highest BCUT2D eigenvalue weighted by Crippen LogP contribution is 2.24.